The van der Waals surface area contributed by atoms with Crippen molar-refractivity contribution in [2.45, 2.75) is 30.7 Å². The number of benzene rings is 1. The van der Waals surface area contributed by atoms with Gasteiger partial charge in [-0.05, 0) is 55.5 Å². The van der Waals surface area contributed by atoms with E-state index in [4.69, 9.17) is 4.42 Å². The molecule has 0 spiro atoms. The molecule has 1 aliphatic carbocycles. The molecule has 0 atom stereocenters. The number of furan rings is 1. The maximum absolute atomic E-state index is 13.8. The van der Waals surface area contributed by atoms with E-state index < -0.39 is 29.0 Å². The summed E-state index contributed by atoms with van der Waals surface area (Å²) < 4.78 is 45.8. The molecule has 4 rings (SSSR count). The summed E-state index contributed by atoms with van der Waals surface area (Å²) in [7, 11) is 0. The van der Waals surface area contributed by atoms with Crippen LogP contribution < -0.4 is 5.32 Å². The zero-order chi connectivity index (χ0) is 22.0. The maximum atomic E-state index is 13.8. The molecule has 0 radical (unpaired) electrons. The Morgan fingerprint density at radius 3 is 2.74 bits per heavy atom. The number of fused-ring (bicyclic) bond motifs is 1. The number of aromatic nitrogens is 1. The summed E-state index contributed by atoms with van der Waals surface area (Å²) in [5, 5.41) is 12.4. The summed E-state index contributed by atoms with van der Waals surface area (Å²) in [6, 6.07) is 7.37. The Labute approximate surface area is 180 Å². The van der Waals surface area contributed by atoms with Crippen molar-refractivity contribution in [2.24, 2.45) is 0 Å². The number of nitrogens with zero attached hydrogens (tertiary/aromatic N) is 2. The van der Waals surface area contributed by atoms with Crippen molar-refractivity contribution in [3.63, 3.8) is 0 Å². The second-order valence-electron chi connectivity index (χ2n) is 6.95. The first kappa shape index (κ1) is 21.0. The Kier molecular flexibility index (Phi) is 6.00. The highest BCUT2D eigenvalue weighted by Gasteiger charge is 2.25. The zero-order valence-electron chi connectivity index (χ0n) is 16.2. The van der Waals surface area contributed by atoms with Gasteiger partial charge in [-0.15, -0.1) is 0 Å². The van der Waals surface area contributed by atoms with Gasteiger partial charge >= 0.3 is 0 Å². The van der Waals surface area contributed by atoms with E-state index in [1.54, 1.807) is 12.1 Å². The van der Waals surface area contributed by atoms with Crippen LogP contribution >= 0.6 is 11.8 Å². The molecule has 0 bridgehead atoms. The monoisotopic (exact) mass is 443 g/mol. The number of aryl methyl sites for hydroxylation is 1. The van der Waals surface area contributed by atoms with Gasteiger partial charge in [-0.25, -0.2) is 18.2 Å². The number of carbonyl (C=O) groups excluding carboxylic acids is 1. The van der Waals surface area contributed by atoms with Gasteiger partial charge in [0.05, 0.1) is 23.3 Å². The van der Waals surface area contributed by atoms with E-state index >= 15 is 0 Å². The molecular formula is C22H16F3N3O2S. The van der Waals surface area contributed by atoms with Crippen molar-refractivity contribution in [2.75, 3.05) is 11.1 Å². The van der Waals surface area contributed by atoms with E-state index in [0.717, 1.165) is 60.8 Å². The molecule has 0 aliphatic heterocycles. The molecule has 158 valence electrons. The first-order valence-electron chi connectivity index (χ1n) is 9.55. The number of thioether (sulfide) groups is 1. The number of hydrogen-bond donors (Lipinski definition) is 1. The Morgan fingerprint density at radius 1 is 1.19 bits per heavy atom. The van der Waals surface area contributed by atoms with Gasteiger partial charge in [0.1, 0.15) is 16.9 Å². The van der Waals surface area contributed by atoms with Crippen LogP contribution in [0.15, 0.2) is 40.0 Å². The smallest absolute Gasteiger partial charge is 0.234 e. The predicted octanol–water partition coefficient (Wildman–Crippen LogP) is 5.24. The second-order valence-corrected chi connectivity index (χ2v) is 7.91. The number of carbonyl (C=O) groups is 1. The molecule has 2 aromatic heterocycles. The Bertz CT molecular complexity index is 1190. The van der Waals surface area contributed by atoms with E-state index in [0.29, 0.717) is 21.9 Å². The van der Waals surface area contributed by atoms with E-state index in [1.165, 1.54) is 6.26 Å². The predicted molar refractivity (Wildman–Crippen MR) is 109 cm³/mol. The third kappa shape index (κ3) is 4.16. The number of amides is 1. The topological polar surface area (TPSA) is 78.9 Å². The summed E-state index contributed by atoms with van der Waals surface area (Å²) in [5.74, 6) is -4.74. The van der Waals surface area contributed by atoms with Crippen LogP contribution in [0.2, 0.25) is 0 Å². The Hall–Kier alpha value is -3.25. The van der Waals surface area contributed by atoms with Crippen LogP contribution in [0.3, 0.4) is 0 Å². The van der Waals surface area contributed by atoms with Crippen LogP contribution in [0, 0.1) is 28.8 Å². The summed E-state index contributed by atoms with van der Waals surface area (Å²) in [5.41, 5.74) is 2.39. The van der Waals surface area contributed by atoms with Crippen molar-refractivity contribution in [1.82, 2.24) is 4.98 Å². The summed E-state index contributed by atoms with van der Waals surface area (Å²) in [6.07, 6.45) is 5.04. The van der Waals surface area contributed by atoms with Crippen LogP contribution in [0.4, 0.5) is 18.9 Å². The Morgan fingerprint density at radius 2 is 2.00 bits per heavy atom. The van der Waals surface area contributed by atoms with Crippen LogP contribution in [-0.4, -0.2) is 16.6 Å². The van der Waals surface area contributed by atoms with Gasteiger partial charge < -0.3 is 9.73 Å². The molecule has 1 N–H and O–H groups in total. The summed E-state index contributed by atoms with van der Waals surface area (Å²) >= 11 is 1.02. The second kappa shape index (κ2) is 8.86. The van der Waals surface area contributed by atoms with Crippen molar-refractivity contribution < 1.29 is 22.4 Å². The quantitative estimate of drug-likeness (QED) is 0.431. The third-order valence-electron chi connectivity index (χ3n) is 4.97. The molecule has 0 fully saturated rings. The first-order chi connectivity index (χ1) is 15.0. The lowest BCUT2D eigenvalue weighted by Crippen LogP contribution is -2.16. The molecular weight excluding hydrogens is 427 g/mol. The number of rotatable bonds is 5. The van der Waals surface area contributed by atoms with Gasteiger partial charge in [-0.1, -0.05) is 11.8 Å². The van der Waals surface area contributed by atoms with Crippen molar-refractivity contribution >= 4 is 23.4 Å². The highest BCUT2D eigenvalue weighted by atomic mass is 32.2. The molecule has 0 saturated carbocycles. The Balaban J connectivity index is 1.60. The van der Waals surface area contributed by atoms with Gasteiger partial charge in [-0.2, -0.15) is 5.26 Å². The minimum Gasteiger partial charge on any atom is -0.464 e. The lowest BCUT2D eigenvalue weighted by molar-refractivity contribution is -0.113. The molecule has 5 nitrogen and oxygen atoms in total. The van der Waals surface area contributed by atoms with Crippen molar-refractivity contribution in [3.8, 4) is 17.4 Å². The molecule has 9 heteroatoms. The van der Waals surface area contributed by atoms with E-state index in [-0.39, 0.29) is 5.75 Å². The van der Waals surface area contributed by atoms with Gasteiger partial charge in [0.25, 0.3) is 0 Å². The molecule has 1 aliphatic rings. The lowest BCUT2D eigenvalue weighted by Gasteiger charge is -2.20. The van der Waals surface area contributed by atoms with Crippen LogP contribution in [-0.2, 0) is 17.6 Å². The van der Waals surface area contributed by atoms with Gasteiger partial charge in [0.15, 0.2) is 17.5 Å². The minimum atomic E-state index is -1.66. The number of halogens is 3. The van der Waals surface area contributed by atoms with Gasteiger partial charge in [0.2, 0.25) is 5.91 Å². The van der Waals surface area contributed by atoms with E-state index in [1.807, 2.05) is 0 Å². The molecule has 1 aromatic carbocycles. The summed E-state index contributed by atoms with van der Waals surface area (Å²) in [6.45, 7) is 0. The number of nitrogens with one attached hydrogen (secondary N) is 1. The zero-order valence-corrected chi connectivity index (χ0v) is 17.0. The highest BCUT2D eigenvalue weighted by Crippen LogP contribution is 2.38. The average Bonchev–Trinajstić information content (AvgIpc) is 3.31. The highest BCUT2D eigenvalue weighted by molar-refractivity contribution is 8.00. The molecule has 31 heavy (non-hydrogen) atoms. The number of pyridine rings is 1. The van der Waals surface area contributed by atoms with Crippen molar-refractivity contribution in [3.05, 3.63) is 64.8 Å². The fraction of sp³-hybridized carbons (Fsp3) is 0.227. The van der Waals surface area contributed by atoms with Gasteiger partial charge in [-0.3, -0.25) is 4.79 Å². The molecule has 1 amide bonds. The van der Waals surface area contributed by atoms with E-state index in [9.17, 15) is 23.2 Å². The molecule has 0 unspecified atom stereocenters. The third-order valence-corrected chi connectivity index (χ3v) is 5.94. The SMILES string of the molecule is N#Cc1c(SCC(=O)Nc2ccc(F)c(F)c2F)nc2c(c1-c1ccco1)CCCC2. The molecule has 3 aromatic rings. The average molecular weight is 443 g/mol. The van der Waals surface area contributed by atoms with Crippen molar-refractivity contribution in [1.29, 1.82) is 5.26 Å². The van der Waals surface area contributed by atoms with Gasteiger partial charge in [0, 0.05) is 11.3 Å². The standard InChI is InChI=1S/C22H16F3N3O2S/c23-14-7-8-16(21(25)20(14)24)27-18(29)11-31-22-13(10-26)19(17-6-3-9-30-17)12-4-1-2-5-15(12)28-22/h3,6-9H,1-2,4-5,11H2,(H,27,29). The van der Waals surface area contributed by atoms with Crippen LogP contribution in [0.5, 0.6) is 0 Å². The summed E-state index contributed by atoms with van der Waals surface area (Å²) in [4.78, 5) is 16.9. The fourth-order valence-electron chi connectivity index (χ4n) is 3.56. The minimum absolute atomic E-state index is 0.198. The molecule has 0 saturated heterocycles. The number of anilines is 1. The number of nitriles is 1. The normalized spacial score (nSPS) is 12.8. The lowest BCUT2D eigenvalue weighted by atomic mass is 9.89. The van der Waals surface area contributed by atoms with E-state index in [2.05, 4.69) is 16.4 Å². The molecule has 2 heterocycles. The fourth-order valence-corrected chi connectivity index (χ4v) is 4.37. The van der Waals surface area contributed by atoms with Crippen LogP contribution in [0.25, 0.3) is 11.3 Å². The van der Waals surface area contributed by atoms with Crippen LogP contribution in [0.1, 0.15) is 29.7 Å². The number of hydrogen-bond acceptors (Lipinski definition) is 5. The maximum Gasteiger partial charge on any atom is 0.234 e. The first-order valence-corrected chi connectivity index (χ1v) is 10.5. The largest absolute Gasteiger partial charge is 0.464 e.